The van der Waals surface area contributed by atoms with Crippen LogP contribution in [0.2, 0.25) is 10.0 Å². The van der Waals surface area contributed by atoms with Crippen molar-refractivity contribution >= 4 is 35.1 Å². The van der Waals surface area contributed by atoms with E-state index in [0.29, 0.717) is 0 Å². The summed E-state index contributed by atoms with van der Waals surface area (Å²) in [7, 11) is 0. The first-order valence-corrected chi connectivity index (χ1v) is 6.65. The van der Waals surface area contributed by atoms with Gasteiger partial charge in [0.2, 0.25) is 5.95 Å². The molecule has 0 unspecified atom stereocenters. The molecule has 0 aliphatic carbocycles. The van der Waals surface area contributed by atoms with Gasteiger partial charge in [0.1, 0.15) is 5.82 Å². The first kappa shape index (κ1) is 15.5. The molecule has 0 fully saturated rings. The molecule has 1 amide bonds. The minimum Gasteiger partial charge on any atom is -0.267 e. The van der Waals surface area contributed by atoms with Gasteiger partial charge < -0.3 is 0 Å². The second kappa shape index (κ2) is 6.24. The molecule has 0 radical (unpaired) electrons. The maximum absolute atomic E-state index is 13.4. The minimum absolute atomic E-state index is 0.0436. The van der Waals surface area contributed by atoms with Crippen LogP contribution in [-0.4, -0.2) is 15.9 Å². The smallest absolute Gasteiger partial charge is 0.267 e. The van der Waals surface area contributed by atoms with E-state index in [0.717, 1.165) is 17.5 Å². The molecule has 2 N–H and O–H groups in total. The molecule has 5 nitrogen and oxygen atoms in total. The zero-order chi connectivity index (χ0) is 15.6. The van der Waals surface area contributed by atoms with E-state index in [1.165, 1.54) is 6.07 Å². The van der Waals surface area contributed by atoms with Crippen LogP contribution in [0, 0.1) is 19.7 Å². The van der Waals surface area contributed by atoms with Crippen molar-refractivity contribution in [2.75, 3.05) is 5.43 Å². The van der Waals surface area contributed by atoms with Gasteiger partial charge in [-0.2, -0.15) is 0 Å². The van der Waals surface area contributed by atoms with Crippen LogP contribution in [0.25, 0.3) is 0 Å². The number of halogens is 3. The number of rotatable bonds is 3. The Labute approximate surface area is 130 Å². The average molecular weight is 329 g/mol. The van der Waals surface area contributed by atoms with Crippen molar-refractivity contribution in [3.05, 3.63) is 51.0 Å². The summed E-state index contributed by atoms with van der Waals surface area (Å²) in [6, 6.07) is 3.92. The number of amides is 1. The van der Waals surface area contributed by atoms with Gasteiger partial charge in [0.25, 0.3) is 5.91 Å². The van der Waals surface area contributed by atoms with E-state index in [1.54, 1.807) is 19.9 Å². The number of benzene rings is 1. The number of anilines is 1. The molecular weight excluding hydrogens is 318 g/mol. The van der Waals surface area contributed by atoms with E-state index in [2.05, 4.69) is 20.8 Å². The lowest BCUT2D eigenvalue weighted by Gasteiger charge is -2.09. The number of carbonyl (C=O) groups is 1. The van der Waals surface area contributed by atoms with Crippen LogP contribution in [0.15, 0.2) is 18.2 Å². The quantitative estimate of drug-likeness (QED) is 0.670. The van der Waals surface area contributed by atoms with Crippen molar-refractivity contribution in [2.45, 2.75) is 13.8 Å². The molecule has 0 aliphatic heterocycles. The second-order valence-corrected chi connectivity index (χ2v) is 5.11. The van der Waals surface area contributed by atoms with Gasteiger partial charge in [-0.15, -0.1) is 0 Å². The second-order valence-electron chi connectivity index (χ2n) is 4.30. The molecule has 21 heavy (non-hydrogen) atoms. The maximum Gasteiger partial charge on any atom is 0.271 e. The van der Waals surface area contributed by atoms with E-state index >= 15 is 0 Å². The molecule has 2 rings (SSSR count). The highest BCUT2D eigenvalue weighted by Crippen LogP contribution is 2.24. The number of aromatic nitrogens is 2. The van der Waals surface area contributed by atoms with Crippen molar-refractivity contribution in [1.82, 2.24) is 15.4 Å². The van der Waals surface area contributed by atoms with Crippen LogP contribution < -0.4 is 10.9 Å². The van der Waals surface area contributed by atoms with Gasteiger partial charge in [-0.05, 0) is 32.0 Å². The molecule has 1 heterocycles. The largest absolute Gasteiger partial charge is 0.271 e. The molecule has 1 aromatic carbocycles. The van der Waals surface area contributed by atoms with Crippen LogP contribution in [0.3, 0.4) is 0 Å². The SMILES string of the molecule is Cc1cc(C)nc(NNC(=O)c2cc(F)c(Cl)cc2Cl)n1. The molecule has 8 heteroatoms. The minimum atomic E-state index is -0.728. The lowest BCUT2D eigenvalue weighted by atomic mass is 10.2. The van der Waals surface area contributed by atoms with Gasteiger partial charge in [0.15, 0.2) is 0 Å². The normalized spacial score (nSPS) is 10.3. The zero-order valence-corrected chi connectivity index (χ0v) is 12.7. The fraction of sp³-hybridized carbons (Fsp3) is 0.154. The molecule has 110 valence electrons. The van der Waals surface area contributed by atoms with Crippen molar-refractivity contribution in [3.63, 3.8) is 0 Å². The van der Waals surface area contributed by atoms with Crippen molar-refractivity contribution in [3.8, 4) is 0 Å². The molecule has 1 aromatic heterocycles. The van der Waals surface area contributed by atoms with Gasteiger partial charge in [0.05, 0.1) is 15.6 Å². The Kier molecular flexibility index (Phi) is 4.59. The lowest BCUT2D eigenvalue weighted by molar-refractivity contribution is 0.0962. The summed E-state index contributed by atoms with van der Waals surface area (Å²) in [6.07, 6.45) is 0. The Morgan fingerprint density at radius 1 is 1.10 bits per heavy atom. The summed E-state index contributed by atoms with van der Waals surface area (Å²) in [4.78, 5) is 20.1. The number of nitrogens with zero attached hydrogens (tertiary/aromatic N) is 2. The van der Waals surface area contributed by atoms with Crippen molar-refractivity contribution in [2.24, 2.45) is 0 Å². The summed E-state index contributed by atoms with van der Waals surface area (Å²) in [5, 5.41) is -0.107. The van der Waals surface area contributed by atoms with E-state index in [1.807, 2.05) is 0 Å². The first-order chi connectivity index (χ1) is 9.86. The van der Waals surface area contributed by atoms with E-state index in [-0.39, 0.29) is 21.6 Å². The predicted octanol–water partition coefficient (Wildman–Crippen LogP) is 3.30. The van der Waals surface area contributed by atoms with Gasteiger partial charge in [0, 0.05) is 11.4 Å². The summed E-state index contributed by atoms with van der Waals surface area (Å²) in [5.74, 6) is -1.13. The summed E-state index contributed by atoms with van der Waals surface area (Å²) in [6.45, 7) is 3.60. The van der Waals surface area contributed by atoms with Crippen molar-refractivity contribution in [1.29, 1.82) is 0 Å². The molecule has 0 saturated heterocycles. The number of nitrogens with one attached hydrogen (secondary N) is 2. The molecule has 0 aliphatic rings. The molecule has 0 bridgehead atoms. The number of hydrogen-bond donors (Lipinski definition) is 2. The summed E-state index contributed by atoms with van der Waals surface area (Å²) < 4.78 is 13.4. The van der Waals surface area contributed by atoms with Crippen LogP contribution in [0.4, 0.5) is 10.3 Å². The Morgan fingerprint density at radius 3 is 2.33 bits per heavy atom. The zero-order valence-electron chi connectivity index (χ0n) is 11.2. The van der Waals surface area contributed by atoms with E-state index in [9.17, 15) is 9.18 Å². The average Bonchev–Trinajstić information content (AvgIpc) is 2.39. The third kappa shape index (κ3) is 3.80. The van der Waals surface area contributed by atoms with Gasteiger partial charge in [-0.25, -0.2) is 14.4 Å². The summed E-state index contributed by atoms with van der Waals surface area (Å²) in [5.41, 5.74) is 6.34. The monoisotopic (exact) mass is 328 g/mol. The lowest BCUT2D eigenvalue weighted by Crippen LogP contribution is -2.30. The predicted molar refractivity (Wildman–Crippen MR) is 79.0 cm³/mol. The number of carbonyl (C=O) groups excluding carboxylic acids is 1. The van der Waals surface area contributed by atoms with Crippen LogP contribution in [0.1, 0.15) is 21.7 Å². The first-order valence-electron chi connectivity index (χ1n) is 5.90. The molecule has 0 saturated carbocycles. The topological polar surface area (TPSA) is 66.9 Å². The molecule has 0 atom stereocenters. The number of aryl methyl sites for hydroxylation is 2. The molecule has 0 spiro atoms. The van der Waals surface area contributed by atoms with Gasteiger partial charge in [-0.1, -0.05) is 23.2 Å². The Hall–Kier alpha value is -1.92. The molecular formula is C13H11Cl2FN4O. The summed E-state index contributed by atoms with van der Waals surface area (Å²) >= 11 is 11.4. The third-order valence-corrected chi connectivity index (χ3v) is 3.13. The Balaban J connectivity index is 2.13. The van der Waals surface area contributed by atoms with Crippen LogP contribution in [-0.2, 0) is 0 Å². The van der Waals surface area contributed by atoms with E-state index in [4.69, 9.17) is 23.2 Å². The fourth-order valence-corrected chi connectivity index (χ4v) is 2.13. The van der Waals surface area contributed by atoms with E-state index < -0.39 is 11.7 Å². The highest BCUT2D eigenvalue weighted by Gasteiger charge is 2.14. The third-order valence-electron chi connectivity index (χ3n) is 2.52. The van der Waals surface area contributed by atoms with Gasteiger partial charge >= 0.3 is 0 Å². The Bertz CT molecular complexity index is 689. The highest BCUT2D eigenvalue weighted by molar-refractivity contribution is 6.36. The Morgan fingerprint density at radius 2 is 1.71 bits per heavy atom. The maximum atomic E-state index is 13.4. The fourth-order valence-electron chi connectivity index (χ4n) is 1.66. The standard InChI is InChI=1S/C13H11Cl2FN4O/c1-6-3-7(2)18-13(17-6)20-19-12(21)8-4-11(16)10(15)5-9(8)14/h3-5H,1-2H3,(H,19,21)(H,17,18,20). The molecule has 2 aromatic rings. The van der Waals surface area contributed by atoms with Crippen LogP contribution in [0.5, 0.6) is 0 Å². The highest BCUT2D eigenvalue weighted by atomic mass is 35.5. The van der Waals surface area contributed by atoms with Gasteiger partial charge in [-0.3, -0.25) is 15.6 Å². The van der Waals surface area contributed by atoms with Crippen LogP contribution >= 0.6 is 23.2 Å². The van der Waals surface area contributed by atoms with Crippen molar-refractivity contribution < 1.29 is 9.18 Å². The number of hydrogen-bond acceptors (Lipinski definition) is 4. The number of hydrazine groups is 1.